The van der Waals surface area contributed by atoms with Crippen LogP contribution in [0.5, 0.6) is 0 Å². The lowest BCUT2D eigenvalue weighted by Gasteiger charge is -2.45. The van der Waals surface area contributed by atoms with E-state index in [0.29, 0.717) is 17.8 Å². The quantitative estimate of drug-likeness (QED) is 0.158. The SMILES string of the molecule is CC1(C)c2ccccc2-c2ccc(N(c3ccccc3)c3cccc4c3C35c6c(cccc6N(c6ccccc6)c6ccccc6C6CC7CCC6C7)CC3CCCCCC5C4)cc21. The molecule has 7 aromatic carbocycles. The fraction of sp³-hybridized carbons (Fsp3) is 0.323. The van der Waals surface area contributed by atoms with Crippen LogP contribution in [-0.2, 0) is 23.7 Å². The molecule has 7 aromatic rings. The lowest BCUT2D eigenvalue weighted by atomic mass is 9.60. The number of hydrogen-bond donors (Lipinski definition) is 0. The highest BCUT2D eigenvalue weighted by Gasteiger charge is 2.59. The molecule has 0 amide bonds. The van der Waals surface area contributed by atoms with Crippen LogP contribution in [0.2, 0.25) is 0 Å². The predicted octanol–water partition coefficient (Wildman–Crippen LogP) is 16.4. The summed E-state index contributed by atoms with van der Waals surface area (Å²) in [4.78, 5) is 5.40. The number of nitrogens with zero attached hydrogens (tertiary/aromatic N) is 2. The summed E-state index contributed by atoms with van der Waals surface area (Å²) in [6.45, 7) is 4.84. The van der Waals surface area contributed by atoms with Crippen molar-refractivity contribution in [3.8, 4) is 11.1 Å². The summed E-state index contributed by atoms with van der Waals surface area (Å²) in [5.41, 5.74) is 21.2. The van der Waals surface area contributed by atoms with Gasteiger partial charge in [0.05, 0.1) is 11.4 Å². The van der Waals surface area contributed by atoms with Gasteiger partial charge in [-0.2, -0.15) is 0 Å². The minimum Gasteiger partial charge on any atom is -0.310 e. The van der Waals surface area contributed by atoms with Crippen molar-refractivity contribution in [3.63, 3.8) is 0 Å². The Morgan fingerprint density at radius 2 is 1.05 bits per heavy atom. The summed E-state index contributed by atoms with van der Waals surface area (Å²) in [6, 6.07) is 63.6. The molecule has 3 fully saturated rings. The summed E-state index contributed by atoms with van der Waals surface area (Å²) in [5, 5.41) is 0. The summed E-state index contributed by atoms with van der Waals surface area (Å²) < 4.78 is 0. The maximum atomic E-state index is 2.74. The number of anilines is 6. The third kappa shape index (κ3) is 5.63. The topological polar surface area (TPSA) is 6.48 Å². The largest absolute Gasteiger partial charge is 0.310 e. The number of benzene rings is 7. The molecule has 318 valence electrons. The highest BCUT2D eigenvalue weighted by molar-refractivity contribution is 5.89. The van der Waals surface area contributed by atoms with Crippen LogP contribution < -0.4 is 9.80 Å². The molecular formula is C62H60N2. The van der Waals surface area contributed by atoms with E-state index in [1.165, 1.54) is 114 Å². The maximum absolute atomic E-state index is 2.74. The van der Waals surface area contributed by atoms with E-state index < -0.39 is 0 Å². The molecule has 64 heavy (non-hydrogen) atoms. The van der Waals surface area contributed by atoms with Gasteiger partial charge >= 0.3 is 0 Å². The Hall–Kier alpha value is -5.86. The highest BCUT2D eigenvalue weighted by Crippen LogP contribution is 2.67. The second-order valence-corrected chi connectivity index (χ2v) is 21.0. The fourth-order valence-electron chi connectivity index (χ4n) is 15.0. The van der Waals surface area contributed by atoms with E-state index >= 15 is 0 Å². The molecule has 3 saturated carbocycles. The zero-order valence-corrected chi connectivity index (χ0v) is 37.6. The first kappa shape index (κ1) is 38.6. The van der Waals surface area contributed by atoms with Gasteiger partial charge in [-0.15, -0.1) is 0 Å². The fourth-order valence-corrected chi connectivity index (χ4v) is 15.0. The molecule has 1 spiro atoms. The standard InChI is InChI=1S/C62H60N2/c1-61(2)54-28-14-12-26-50(54)51-35-34-49(40-55(51)61)63(47-22-8-4-9-23-47)57-30-16-18-43-38-45-20-6-3-7-21-46-39-44-19-17-31-58(60(44)62(45,46)59(43)57)64(48-24-10-5-11-25-48)56-29-15-13-27-52(56)53-37-41-32-33-42(53)36-41/h4-5,8-19,22-31,34-35,40-42,45-46,53H,3,6-7,20-21,32-33,36-39H2,1-2H3. The Balaban J connectivity index is 1.06. The number of para-hydroxylation sites is 3. The Kier molecular flexibility index (Phi) is 8.95. The van der Waals surface area contributed by atoms with Crippen LogP contribution in [0.15, 0.2) is 164 Å². The molecule has 0 heterocycles. The molecule has 0 saturated heterocycles. The molecule has 0 N–H and O–H groups in total. The third-order valence-electron chi connectivity index (χ3n) is 17.6. The van der Waals surface area contributed by atoms with Crippen molar-refractivity contribution in [2.45, 2.75) is 101 Å². The minimum atomic E-state index is -0.133. The lowest BCUT2D eigenvalue weighted by Crippen LogP contribution is -2.40. The minimum absolute atomic E-state index is 0.0914. The van der Waals surface area contributed by atoms with E-state index in [0.717, 1.165) is 24.7 Å². The zero-order valence-electron chi connectivity index (χ0n) is 37.6. The van der Waals surface area contributed by atoms with Crippen molar-refractivity contribution in [2.75, 3.05) is 9.80 Å². The third-order valence-corrected chi connectivity index (χ3v) is 17.6. The molecule has 0 aliphatic heterocycles. The van der Waals surface area contributed by atoms with Gasteiger partial charge in [-0.25, -0.2) is 0 Å². The van der Waals surface area contributed by atoms with Crippen molar-refractivity contribution in [1.82, 2.24) is 0 Å². The molecule has 0 aromatic heterocycles. The summed E-state index contributed by atoms with van der Waals surface area (Å²) in [7, 11) is 0. The van der Waals surface area contributed by atoms with Crippen LogP contribution >= 0.6 is 0 Å². The van der Waals surface area contributed by atoms with E-state index in [1.54, 1.807) is 27.8 Å². The zero-order chi connectivity index (χ0) is 42.6. The number of fused-ring (bicyclic) bond motifs is 7. The van der Waals surface area contributed by atoms with Gasteiger partial charge in [0, 0.05) is 33.6 Å². The van der Waals surface area contributed by atoms with Crippen molar-refractivity contribution in [1.29, 1.82) is 0 Å². The number of hydrogen-bond acceptors (Lipinski definition) is 2. The molecule has 13 rings (SSSR count). The van der Waals surface area contributed by atoms with Crippen LogP contribution in [0.3, 0.4) is 0 Å². The van der Waals surface area contributed by atoms with Gasteiger partial charge in [-0.1, -0.05) is 149 Å². The Bertz CT molecular complexity index is 2900. The van der Waals surface area contributed by atoms with Crippen molar-refractivity contribution < 1.29 is 0 Å². The molecular weight excluding hydrogens is 773 g/mol. The first-order chi connectivity index (χ1) is 31.5. The monoisotopic (exact) mass is 832 g/mol. The average molecular weight is 833 g/mol. The maximum Gasteiger partial charge on any atom is 0.0505 e. The molecule has 2 nitrogen and oxygen atoms in total. The van der Waals surface area contributed by atoms with Crippen molar-refractivity contribution >= 4 is 34.1 Å². The average Bonchev–Trinajstić information content (AvgIpc) is 4.15. The first-order valence-corrected chi connectivity index (χ1v) is 24.8. The summed E-state index contributed by atoms with van der Waals surface area (Å²) >= 11 is 0. The van der Waals surface area contributed by atoms with Gasteiger partial charge < -0.3 is 9.80 Å². The second-order valence-electron chi connectivity index (χ2n) is 21.0. The molecule has 2 bridgehead atoms. The van der Waals surface area contributed by atoms with Crippen LogP contribution in [0.4, 0.5) is 34.1 Å². The van der Waals surface area contributed by atoms with Gasteiger partial charge in [0.1, 0.15) is 0 Å². The first-order valence-electron chi connectivity index (χ1n) is 24.8. The Labute approximate surface area is 381 Å². The smallest absolute Gasteiger partial charge is 0.0505 e. The molecule has 6 aliphatic carbocycles. The summed E-state index contributed by atoms with van der Waals surface area (Å²) in [6.07, 6.45) is 14.3. The van der Waals surface area contributed by atoms with Crippen LogP contribution in [0, 0.1) is 23.7 Å². The Morgan fingerprint density at radius 1 is 0.453 bits per heavy atom. The van der Waals surface area contributed by atoms with Gasteiger partial charge in [-0.05, 0) is 179 Å². The van der Waals surface area contributed by atoms with E-state index in [9.17, 15) is 0 Å². The lowest BCUT2D eigenvalue weighted by molar-refractivity contribution is 0.205. The second kappa shape index (κ2) is 14.8. The predicted molar refractivity (Wildman–Crippen MR) is 266 cm³/mol. The summed E-state index contributed by atoms with van der Waals surface area (Å²) in [5.74, 6) is 3.37. The van der Waals surface area contributed by atoms with E-state index in [1.807, 2.05) is 0 Å². The van der Waals surface area contributed by atoms with E-state index in [-0.39, 0.29) is 10.8 Å². The normalized spacial score (nSPS) is 25.3. The van der Waals surface area contributed by atoms with Gasteiger partial charge in [0.15, 0.2) is 0 Å². The van der Waals surface area contributed by atoms with Crippen LogP contribution in [-0.4, -0.2) is 0 Å². The van der Waals surface area contributed by atoms with Gasteiger partial charge in [0.25, 0.3) is 0 Å². The molecule has 6 atom stereocenters. The molecule has 2 heteroatoms. The highest BCUT2D eigenvalue weighted by atomic mass is 15.2. The van der Waals surface area contributed by atoms with Crippen molar-refractivity contribution in [3.05, 3.63) is 203 Å². The van der Waals surface area contributed by atoms with E-state index in [2.05, 4.69) is 187 Å². The molecule has 0 radical (unpaired) electrons. The van der Waals surface area contributed by atoms with Gasteiger partial charge in [-0.3, -0.25) is 0 Å². The van der Waals surface area contributed by atoms with E-state index in [4.69, 9.17) is 0 Å². The van der Waals surface area contributed by atoms with Crippen LogP contribution in [0.25, 0.3) is 11.1 Å². The van der Waals surface area contributed by atoms with Gasteiger partial charge in [0.2, 0.25) is 0 Å². The Morgan fingerprint density at radius 3 is 1.72 bits per heavy atom. The van der Waals surface area contributed by atoms with Crippen LogP contribution in [0.1, 0.15) is 116 Å². The number of rotatable bonds is 7. The molecule has 6 unspecified atom stereocenters. The molecule has 6 aliphatic rings. The van der Waals surface area contributed by atoms with Crippen molar-refractivity contribution in [2.24, 2.45) is 23.7 Å².